The van der Waals surface area contributed by atoms with Gasteiger partial charge in [-0.3, -0.25) is 0 Å². The third-order valence-electron chi connectivity index (χ3n) is 8.53. The van der Waals surface area contributed by atoms with Gasteiger partial charge >= 0.3 is 0 Å². The van der Waals surface area contributed by atoms with Gasteiger partial charge in [0.25, 0.3) is 0 Å². The summed E-state index contributed by atoms with van der Waals surface area (Å²) in [5, 5.41) is 11.6. The maximum absolute atomic E-state index is 11.6. The van der Waals surface area contributed by atoms with E-state index in [1.54, 1.807) is 7.11 Å². The van der Waals surface area contributed by atoms with E-state index in [1.807, 2.05) is 0 Å². The molecular weight excluding hydrogens is 312 g/mol. The summed E-state index contributed by atoms with van der Waals surface area (Å²) in [5.41, 5.74) is 0.0469. The molecule has 0 aromatic carbocycles. The van der Waals surface area contributed by atoms with E-state index in [0.29, 0.717) is 48.2 Å². The van der Waals surface area contributed by atoms with E-state index in [9.17, 15) is 5.11 Å². The fourth-order valence-electron chi connectivity index (χ4n) is 6.94. The highest BCUT2D eigenvalue weighted by Crippen LogP contribution is 2.60. The Balaban J connectivity index is 1.96. The topological polar surface area (TPSA) is 38.7 Å². The van der Waals surface area contributed by atoms with E-state index < -0.39 is 0 Å². The lowest BCUT2D eigenvalue weighted by Gasteiger charge is -2.49. The second-order valence-corrected chi connectivity index (χ2v) is 10.0. The summed E-state index contributed by atoms with van der Waals surface area (Å²) in [6.45, 7) is 12.2. The number of aliphatic hydroxyl groups is 1. The number of methoxy groups -OCH3 is 1. The highest BCUT2D eigenvalue weighted by atomic mass is 16.7. The molecule has 0 bridgehead atoms. The van der Waals surface area contributed by atoms with Crippen LogP contribution < -0.4 is 0 Å². The van der Waals surface area contributed by atoms with Gasteiger partial charge in [-0.05, 0) is 72.5 Å². The molecule has 0 unspecified atom stereocenters. The zero-order valence-electron chi connectivity index (χ0n) is 17.2. The smallest absolute Gasteiger partial charge is 0.146 e. The molecule has 0 spiro atoms. The third-order valence-corrected chi connectivity index (χ3v) is 8.53. The number of fused-ring (bicyclic) bond motifs is 2. The maximum Gasteiger partial charge on any atom is 0.146 e. The lowest BCUT2D eigenvalue weighted by atomic mass is 9.59. The van der Waals surface area contributed by atoms with Crippen LogP contribution in [0.3, 0.4) is 0 Å². The van der Waals surface area contributed by atoms with Gasteiger partial charge in [0, 0.05) is 7.11 Å². The summed E-state index contributed by atoms with van der Waals surface area (Å²) in [6.07, 6.45) is 6.10. The number of rotatable bonds is 4. The number of ether oxygens (including phenoxy) is 2. The van der Waals surface area contributed by atoms with Gasteiger partial charge in [-0.2, -0.15) is 0 Å². The maximum atomic E-state index is 11.6. The van der Waals surface area contributed by atoms with Crippen molar-refractivity contribution < 1.29 is 14.6 Å². The molecule has 3 aliphatic rings. The van der Waals surface area contributed by atoms with Crippen LogP contribution in [0.25, 0.3) is 0 Å². The molecule has 0 aromatic rings. The number of hydrogen-bond acceptors (Lipinski definition) is 3. The standard InChI is InChI=1S/C22H40O3/c1-13(2)16-9-10-22(5)18(16)11-19(25-12-24-6)15(4)17-8-7-14(3)20(17)21(22)23/h13-21,23H,7-12H2,1-6H3/t14-,15+,16+,17+,18-,19-,20+,21-,22+/m1/s1. The fraction of sp³-hybridized carbons (Fsp3) is 1.00. The van der Waals surface area contributed by atoms with Gasteiger partial charge in [0.2, 0.25) is 0 Å². The molecule has 9 atom stereocenters. The first kappa shape index (κ1) is 19.6. The Morgan fingerprint density at radius 2 is 1.88 bits per heavy atom. The minimum absolute atomic E-state index is 0.0469. The summed E-state index contributed by atoms with van der Waals surface area (Å²) < 4.78 is 11.5. The Hall–Kier alpha value is -0.120. The van der Waals surface area contributed by atoms with E-state index in [4.69, 9.17) is 9.47 Å². The zero-order valence-corrected chi connectivity index (χ0v) is 17.2. The van der Waals surface area contributed by atoms with E-state index in [2.05, 4.69) is 34.6 Å². The molecule has 146 valence electrons. The Labute approximate surface area is 154 Å². The lowest BCUT2D eigenvalue weighted by Crippen LogP contribution is -2.51. The van der Waals surface area contributed by atoms with Crippen molar-refractivity contribution in [2.45, 2.75) is 78.9 Å². The van der Waals surface area contributed by atoms with Gasteiger partial charge in [-0.1, -0.05) is 41.0 Å². The van der Waals surface area contributed by atoms with Gasteiger partial charge in [-0.15, -0.1) is 0 Å². The van der Waals surface area contributed by atoms with Crippen LogP contribution in [0.4, 0.5) is 0 Å². The SMILES string of the molecule is COCO[C@@H]1C[C@@H]2[C@H](C(C)C)CC[C@]2(C)[C@H](O)[C@@H]2[C@@H](CC[C@H]2C)[C@@H]1C. The van der Waals surface area contributed by atoms with Crippen LogP contribution in [0.1, 0.15) is 66.7 Å². The molecule has 3 rings (SSSR count). The molecule has 1 N–H and O–H groups in total. The second-order valence-electron chi connectivity index (χ2n) is 10.0. The minimum Gasteiger partial charge on any atom is -0.392 e. The first-order chi connectivity index (χ1) is 11.8. The van der Waals surface area contributed by atoms with Crippen molar-refractivity contribution >= 4 is 0 Å². The zero-order chi connectivity index (χ0) is 18.4. The van der Waals surface area contributed by atoms with Crippen LogP contribution in [-0.2, 0) is 9.47 Å². The first-order valence-electron chi connectivity index (χ1n) is 10.6. The molecular formula is C22H40O3. The highest BCUT2D eigenvalue weighted by molar-refractivity contribution is 5.07. The summed E-state index contributed by atoms with van der Waals surface area (Å²) in [5.74, 6) is 4.07. The normalized spacial score (nSPS) is 50.4. The average molecular weight is 353 g/mol. The van der Waals surface area contributed by atoms with E-state index in [0.717, 1.165) is 6.42 Å². The van der Waals surface area contributed by atoms with Crippen LogP contribution in [0, 0.1) is 46.8 Å². The van der Waals surface area contributed by atoms with Crippen molar-refractivity contribution in [3.05, 3.63) is 0 Å². The van der Waals surface area contributed by atoms with Crippen molar-refractivity contribution in [1.29, 1.82) is 0 Å². The monoisotopic (exact) mass is 352 g/mol. The summed E-state index contributed by atoms with van der Waals surface area (Å²) >= 11 is 0. The highest BCUT2D eigenvalue weighted by Gasteiger charge is 2.58. The van der Waals surface area contributed by atoms with Crippen molar-refractivity contribution in [1.82, 2.24) is 0 Å². The molecule has 0 radical (unpaired) electrons. The molecule has 0 saturated heterocycles. The van der Waals surface area contributed by atoms with Crippen LogP contribution in [0.2, 0.25) is 0 Å². The predicted octanol–water partition coefficient (Wildman–Crippen LogP) is 4.73. The summed E-state index contributed by atoms with van der Waals surface area (Å²) in [7, 11) is 1.72. The Kier molecular flexibility index (Phi) is 5.88. The molecule has 25 heavy (non-hydrogen) atoms. The molecule has 0 aromatic heterocycles. The third kappa shape index (κ3) is 3.30. The molecule has 0 amide bonds. The van der Waals surface area contributed by atoms with Gasteiger partial charge < -0.3 is 14.6 Å². The minimum atomic E-state index is -0.158. The van der Waals surface area contributed by atoms with Crippen LogP contribution >= 0.6 is 0 Å². The molecule has 3 heteroatoms. The Morgan fingerprint density at radius 3 is 2.52 bits per heavy atom. The van der Waals surface area contributed by atoms with E-state index >= 15 is 0 Å². The van der Waals surface area contributed by atoms with Gasteiger partial charge in [0.1, 0.15) is 6.79 Å². The average Bonchev–Trinajstić information content (AvgIpc) is 3.10. The second kappa shape index (κ2) is 7.48. The van der Waals surface area contributed by atoms with Crippen molar-refractivity contribution in [3.8, 4) is 0 Å². The van der Waals surface area contributed by atoms with Crippen molar-refractivity contribution in [2.75, 3.05) is 13.9 Å². The van der Waals surface area contributed by atoms with Gasteiger partial charge in [0.15, 0.2) is 0 Å². The van der Waals surface area contributed by atoms with Gasteiger partial charge in [-0.25, -0.2) is 0 Å². The molecule has 3 nitrogen and oxygen atoms in total. The predicted molar refractivity (Wildman–Crippen MR) is 101 cm³/mol. The van der Waals surface area contributed by atoms with Gasteiger partial charge in [0.05, 0.1) is 12.2 Å². The first-order valence-corrected chi connectivity index (χ1v) is 10.6. The van der Waals surface area contributed by atoms with Crippen LogP contribution in [0.15, 0.2) is 0 Å². The quantitative estimate of drug-likeness (QED) is 0.744. The molecule has 3 fully saturated rings. The van der Waals surface area contributed by atoms with Crippen molar-refractivity contribution in [3.63, 3.8) is 0 Å². The Morgan fingerprint density at radius 1 is 1.16 bits per heavy atom. The summed E-state index contributed by atoms with van der Waals surface area (Å²) in [4.78, 5) is 0. The molecule has 3 aliphatic carbocycles. The summed E-state index contributed by atoms with van der Waals surface area (Å²) in [6, 6.07) is 0. The van der Waals surface area contributed by atoms with Crippen LogP contribution in [-0.4, -0.2) is 31.2 Å². The van der Waals surface area contributed by atoms with Crippen molar-refractivity contribution in [2.24, 2.45) is 46.8 Å². The van der Waals surface area contributed by atoms with E-state index in [1.165, 1.54) is 25.7 Å². The fourth-order valence-corrected chi connectivity index (χ4v) is 6.94. The molecule has 0 aliphatic heterocycles. The van der Waals surface area contributed by atoms with E-state index in [-0.39, 0.29) is 17.6 Å². The number of hydrogen-bond donors (Lipinski definition) is 1. The molecule has 0 heterocycles. The largest absolute Gasteiger partial charge is 0.392 e. The number of aliphatic hydroxyl groups excluding tert-OH is 1. The Bertz CT molecular complexity index is 451. The van der Waals surface area contributed by atoms with Crippen LogP contribution in [0.5, 0.6) is 0 Å². The lowest BCUT2D eigenvalue weighted by molar-refractivity contribution is -0.149. The molecule has 3 saturated carbocycles.